The zero-order chi connectivity index (χ0) is 22.5. The van der Waals surface area contributed by atoms with E-state index in [1.807, 2.05) is 0 Å². The highest BCUT2D eigenvalue weighted by Gasteiger charge is 2.92. The maximum Gasteiger partial charge on any atom is 0.460 e. The lowest BCUT2D eigenvalue weighted by atomic mass is 9.98. The molecule has 0 aliphatic carbocycles. The lowest BCUT2D eigenvalue weighted by Crippen LogP contribution is -2.71. The number of sulfonamides is 1. The van der Waals surface area contributed by atoms with Gasteiger partial charge in [0.05, 0.1) is 0 Å². The SMILES string of the molecule is O=C(O)CNS(=O)(=O)C(F)(F)C(F)(F)C(F)(F)C(F)(F)C(F)(F)C(F)(F)F. The highest BCUT2D eigenvalue weighted by Crippen LogP contribution is 2.60. The van der Waals surface area contributed by atoms with Gasteiger partial charge in [-0.15, -0.1) is 0 Å². The number of hydrogen-bond donors (Lipinski definition) is 2. The second-order valence-corrected chi connectivity index (χ2v) is 6.34. The Labute approximate surface area is 139 Å². The van der Waals surface area contributed by atoms with E-state index in [4.69, 9.17) is 5.11 Å². The predicted molar refractivity (Wildman–Crippen MR) is 55.3 cm³/mol. The number of carboxylic acid groups (broad SMARTS) is 1. The lowest BCUT2D eigenvalue weighted by Gasteiger charge is -2.39. The Hall–Kier alpha value is -1.53. The van der Waals surface area contributed by atoms with E-state index in [9.17, 15) is 70.3 Å². The molecule has 0 aliphatic heterocycles. The van der Waals surface area contributed by atoms with Crippen molar-refractivity contribution >= 4 is 16.0 Å². The van der Waals surface area contributed by atoms with Crippen molar-refractivity contribution in [2.24, 2.45) is 0 Å². The second-order valence-electron chi connectivity index (χ2n) is 4.53. The molecule has 0 aromatic rings. The van der Waals surface area contributed by atoms with Crippen LogP contribution in [-0.2, 0) is 14.8 Å². The van der Waals surface area contributed by atoms with Gasteiger partial charge in [-0.05, 0) is 0 Å². The smallest absolute Gasteiger partial charge is 0.460 e. The third kappa shape index (κ3) is 3.61. The summed E-state index contributed by atoms with van der Waals surface area (Å²) in [6, 6.07) is 0. The van der Waals surface area contributed by atoms with E-state index < -0.39 is 57.7 Å². The Morgan fingerprint density at radius 1 is 0.704 bits per heavy atom. The van der Waals surface area contributed by atoms with Crippen LogP contribution >= 0.6 is 0 Å². The Balaban J connectivity index is 6.43. The van der Waals surface area contributed by atoms with E-state index >= 15 is 0 Å². The summed E-state index contributed by atoms with van der Waals surface area (Å²) < 4.78 is 187. The predicted octanol–water partition coefficient (Wildman–Crippen LogP) is 2.69. The molecule has 0 saturated heterocycles. The summed E-state index contributed by atoms with van der Waals surface area (Å²) in [6.45, 7) is -2.19. The fourth-order valence-corrected chi connectivity index (χ4v) is 2.13. The van der Waals surface area contributed by atoms with Crippen LogP contribution < -0.4 is 4.72 Å². The van der Waals surface area contributed by atoms with Crippen molar-refractivity contribution in [3.63, 3.8) is 0 Å². The average Bonchev–Trinajstić information content (AvgIpc) is 2.42. The van der Waals surface area contributed by atoms with Crippen LogP contribution in [0.4, 0.5) is 57.1 Å². The van der Waals surface area contributed by atoms with Crippen LogP contribution in [0.3, 0.4) is 0 Å². The van der Waals surface area contributed by atoms with Gasteiger partial charge in [-0.3, -0.25) is 4.79 Å². The first-order chi connectivity index (χ1) is 11.4. The largest absolute Gasteiger partial charge is 0.480 e. The molecule has 0 amide bonds. The first kappa shape index (κ1) is 25.5. The summed E-state index contributed by atoms with van der Waals surface area (Å²) in [5.41, 5.74) is 0. The van der Waals surface area contributed by atoms with Crippen LogP contribution in [0, 0.1) is 0 Å². The van der Waals surface area contributed by atoms with E-state index in [0.717, 1.165) is 0 Å². The van der Waals surface area contributed by atoms with Gasteiger partial charge in [-0.2, -0.15) is 61.8 Å². The van der Waals surface area contributed by atoms with Crippen molar-refractivity contribution in [1.29, 1.82) is 0 Å². The molecule has 0 spiro atoms. The molecule has 0 aliphatic rings. The number of halogens is 13. The van der Waals surface area contributed by atoms with Crippen LogP contribution in [0.5, 0.6) is 0 Å². The summed E-state index contributed by atoms with van der Waals surface area (Å²) >= 11 is 0. The van der Waals surface area contributed by atoms with Crippen molar-refractivity contribution in [3.8, 4) is 0 Å². The zero-order valence-corrected chi connectivity index (χ0v) is 12.5. The number of nitrogens with one attached hydrogen (secondary N) is 1. The lowest BCUT2D eigenvalue weighted by molar-refractivity contribution is -0.433. The van der Waals surface area contributed by atoms with Crippen molar-refractivity contribution in [2.75, 3.05) is 6.54 Å². The maximum atomic E-state index is 13.2. The number of rotatable bonds is 8. The molecule has 0 bridgehead atoms. The van der Waals surface area contributed by atoms with Crippen molar-refractivity contribution in [1.82, 2.24) is 4.72 Å². The van der Waals surface area contributed by atoms with Gasteiger partial charge in [0.15, 0.2) is 0 Å². The molecule has 0 saturated carbocycles. The summed E-state index contributed by atoms with van der Waals surface area (Å²) in [7, 11) is -7.29. The van der Waals surface area contributed by atoms with Crippen LogP contribution in [0.1, 0.15) is 0 Å². The standard InChI is InChI=1S/C8H4F13NO4S/c9-3(10,5(13,14)7(17,18)19)4(11,12)6(15,16)8(20,21)27(25,26)22-1-2(23)24/h22H,1H2,(H,23,24). The first-order valence-electron chi connectivity index (χ1n) is 5.58. The third-order valence-electron chi connectivity index (χ3n) is 2.66. The first-order valence-corrected chi connectivity index (χ1v) is 7.07. The molecule has 0 radical (unpaired) electrons. The molecule has 0 heterocycles. The number of alkyl halides is 13. The highest BCUT2D eigenvalue weighted by molar-refractivity contribution is 7.90. The molecule has 0 atom stereocenters. The molecule has 27 heavy (non-hydrogen) atoms. The second kappa shape index (κ2) is 6.52. The minimum atomic E-state index is -8.29. The van der Waals surface area contributed by atoms with E-state index in [1.54, 1.807) is 0 Å². The summed E-state index contributed by atoms with van der Waals surface area (Å²) in [5, 5.41) is 0.525. The molecule has 0 fully saturated rings. The molecule has 162 valence electrons. The summed E-state index contributed by atoms with van der Waals surface area (Å²) in [4.78, 5) is 9.97. The normalized spacial score (nSPS) is 15.7. The molecule has 0 unspecified atom stereocenters. The van der Waals surface area contributed by atoms with E-state index in [2.05, 4.69) is 0 Å². The number of carbonyl (C=O) groups is 1. The monoisotopic (exact) mass is 457 g/mol. The number of hydrogen-bond acceptors (Lipinski definition) is 3. The molecule has 5 nitrogen and oxygen atoms in total. The maximum absolute atomic E-state index is 13.2. The highest BCUT2D eigenvalue weighted by atomic mass is 32.2. The number of aliphatic carboxylic acids is 1. The van der Waals surface area contributed by atoms with Crippen molar-refractivity contribution in [3.05, 3.63) is 0 Å². The third-order valence-corrected chi connectivity index (χ3v) is 4.11. The van der Waals surface area contributed by atoms with E-state index in [0.29, 0.717) is 0 Å². The Morgan fingerprint density at radius 3 is 1.33 bits per heavy atom. The molecule has 0 aromatic carbocycles. The molecular formula is C8H4F13NO4S. The van der Waals surface area contributed by atoms with Gasteiger partial charge in [-0.1, -0.05) is 0 Å². The van der Waals surface area contributed by atoms with Crippen molar-refractivity contribution < 1.29 is 75.4 Å². The van der Waals surface area contributed by atoms with E-state index in [-0.39, 0.29) is 4.72 Å². The Bertz CT molecular complexity index is 683. The fourth-order valence-electron chi connectivity index (χ4n) is 1.17. The topological polar surface area (TPSA) is 83.5 Å². The summed E-state index contributed by atoms with van der Waals surface area (Å²) in [6.07, 6.45) is -7.63. The molecule has 19 heteroatoms. The van der Waals surface area contributed by atoms with Crippen molar-refractivity contribution in [2.45, 2.75) is 35.1 Å². The summed E-state index contributed by atoms with van der Waals surface area (Å²) in [5.74, 6) is -35.0. The van der Waals surface area contributed by atoms with Crippen LogP contribution in [-0.4, -0.2) is 61.2 Å². The van der Waals surface area contributed by atoms with Gasteiger partial charge in [0.1, 0.15) is 6.54 Å². The molecular weight excluding hydrogens is 453 g/mol. The van der Waals surface area contributed by atoms with Gasteiger partial charge in [0.25, 0.3) is 10.0 Å². The van der Waals surface area contributed by atoms with Crippen LogP contribution in [0.15, 0.2) is 0 Å². The quantitative estimate of drug-likeness (QED) is 0.550. The van der Waals surface area contributed by atoms with Gasteiger partial charge >= 0.3 is 41.1 Å². The molecule has 0 aromatic heterocycles. The average molecular weight is 457 g/mol. The zero-order valence-electron chi connectivity index (χ0n) is 11.7. The molecule has 0 rings (SSSR count). The Morgan fingerprint density at radius 2 is 1.04 bits per heavy atom. The Kier molecular flexibility index (Phi) is 6.15. The van der Waals surface area contributed by atoms with Gasteiger partial charge < -0.3 is 5.11 Å². The van der Waals surface area contributed by atoms with Crippen LogP contribution in [0.25, 0.3) is 0 Å². The minimum Gasteiger partial charge on any atom is -0.480 e. The van der Waals surface area contributed by atoms with Gasteiger partial charge in [0, 0.05) is 0 Å². The molecule has 2 N–H and O–H groups in total. The van der Waals surface area contributed by atoms with Crippen LogP contribution in [0.2, 0.25) is 0 Å². The van der Waals surface area contributed by atoms with Gasteiger partial charge in [0.2, 0.25) is 0 Å². The number of carboxylic acids is 1. The minimum absolute atomic E-state index is 0.0521. The van der Waals surface area contributed by atoms with Gasteiger partial charge in [-0.25, -0.2) is 8.42 Å². The fraction of sp³-hybridized carbons (Fsp3) is 0.875. The van der Waals surface area contributed by atoms with E-state index in [1.165, 1.54) is 0 Å².